The topological polar surface area (TPSA) is 67.4 Å². The molecule has 1 N–H and O–H groups in total. The van der Waals surface area contributed by atoms with Crippen molar-refractivity contribution in [1.82, 2.24) is 15.3 Å². The van der Waals surface area contributed by atoms with Gasteiger partial charge in [-0.05, 0) is 35.2 Å². The van der Waals surface area contributed by atoms with Crippen LogP contribution in [0.3, 0.4) is 0 Å². The maximum absolute atomic E-state index is 12.9. The molecule has 1 saturated heterocycles. The lowest BCUT2D eigenvalue weighted by Gasteiger charge is -2.27. The third kappa shape index (κ3) is 7.60. The molecule has 1 fully saturated rings. The molecule has 39 heavy (non-hydrogen) atoms. The van der Waals surface area contributed by atoms with E-state index in [0.717, 1.165) is 30.9 Å². The number of nitrogens with zero attached hydrogens (tertiary/aromatic N) is 3. The maximum Gasteiger partial charge on any atom is 0.251 e. The molecule has 3 aromatic carbocycles. The van der Waals surface area contributed by atoms with Crippen molar-refractivity contribution in [2.24, 2.45) is 0 Å². The number of ether oxygens (including phenoxy) is 1. The van der Waals surface area contributed by atoms with Crippen LogP contribution in [0, 0.1) is 0 Å². The maximum atomic E-state index is 12.9. The van der Waals surface area contributed by atoms with Crippen molar-refractivity contribution in [3.05, 3.63) is 118 Å². The van der Waals surface area contributed by atoms with Crippen molar-refractivity contribution in [2.75, 3.05) is 37.7 Å². The molecule has 8 heteroatoms. The van der Waals surface area contributed by atoms with Crippen LogP contribution in [0.15, 0.2) is 96.2 Å². The Morgan fingerprint density at radius 3 is 2.21 bits per heavy atom. The summed E-state index contributed by atoms with van der Waals surface area (Å²) < 4.78 is 5.43. The number of morpholine rings is 1. The van der Waals surface area contributed by atoms with Crippen LogP contribution >= 0.6 is 23.4 Å². The first-order valence-electron chi connectivity index (χ1n) is 13.1. The number of carbonyl (C=O) groups is 1. The van der Waals surface area contributed by atoms with Crippen LogP contribution in [0.5, 0.6) is 0 Å². The van der Waals surface area contributed by atoms with E-state index in [0.29, 0.717) is 41.4 Å². The minimum Gasteiger partial charge on any atom is -0.378 e. The number of anilines is 1. The number of hydrogen-bond acceptors (Lipinski definition) is 6. The van der Waals surface area contributed by atoms with E-state index >= 15 is 0 Å². The lowest BCUT2D eigenvalue weighted by Crippen LogP contribution is -2.36. The third-order valence-electron chi connectivity index (χ3n) is 6.70. The Hall–Kier alpha value is -3.39. The van der Waals surface area contributed by atoms with Gasteiger partial charge in [0.2, 0.25) is 0 Å². The van der Waals surface area contributed by atoms with E-state index < -0.39 is 0 Å². The molecule has 200 valence electrons. The van der Waals surface area contributed by atoms with E-state index in [1.807, 2.05) is 36.4 Å². The van der Waals surface area contributed by atoms with Gasteiger partial charge in [-0.15, -0.1) is 0 Å². The van der Waals surface area contributed by atoms with Crippen LogP contribution in [0.4, 0.5) is 5.82 Å². The third-order valence-corrected chi connectivity index (χ3v) is 7.81. The average molecular weight is 559 g/mol. The zero-order valence-electron chi connectivity index (χ0n) is 21.6. The number of thioether (sulfide) groups is 1. The summed E-state index contributed by atoms with van der Waals surface area (Å²) in [5.74, 6) is 1.67. The van der Waals surface area contributed by atoms with Gasteiger partial charge in [0.1, 0.15) is 11.0 Å². The molecule has 0 spiro atoms. The molecule has 0 saturated carbocycles. The fourth-order valence-corrected chi connectivity index (χ4v) is 5.67. The highest BCUT2D eigenvalue weighted by atomic mass is 35.5. The molecular formula is C31H31ClN4O2S. The van der Waals surface area contributed by atoms with Gasteiger partial charge in [-0.3, -0.25) is 4.79 Å². The normalized spacial score (nSPS) is 13.4. The molecule has 6 nitrogen and oxygen atoms in total. The average Bonchev–Trinajstić information content (AvgIpc) is 2.99. The summed E-state index contributed by atoms with van der Waals surface area (Å²) in [6, 6.07) is 30.4. The minimum absolute atomic E-state index is 0.0672. The predicted molar refractivity (Wildman–Crippen MR) is 158 cm³/mol. The number of rotatable bonds is 10. The monoisotopic (exact) mass is 558 g/mol. The molecule has 0 unspecified atom stereocenters. The summed E-state index contributed by atoms with van der Waals surface area (Å²) in [4.78, 5) is 24.1. The molecule has 1 aliphatic rings. The van der Waals surface area contributed by atoms with Gasteiger partial charge >= 0.3 is 0 Å². The molecule has 0 radical (unpaired) electrons. The van der Waals surface area contributed by atoms with Crippen molar-refractivity contribution in [1.29, 1.82) is 0 Å². The SMILES string of the molecule is O=C(NCCC(c1ccccc1)c1ccccc1)c1ccc(CSc2nc(Cl)cc(N3CCOCC3)n2)cc1. The standard InChI is InChI=1S/C31H31ClN4O2S/c32-28-21-29(36-17-19-38-20-18-36)35-31(34-28)39-22-23-11-13-26(14-12-23)30(37)33-16-15-27(24-7-3-1-4-8-24)25-9-5-2-6-10-25/h1-14,21,27H,15-20,22H2,(H,33,37). The Morgan fingerprint density at radius 1 is 0.923 bits per heavy atom. The molecule has 0 atom stereocenters. The summed E-state index contributed by atoms with van der Waals surface area (Å²) >= 11 is 7.80. The second kappa shape index (κ2) is 13.6. The van der Waals surface area contributed by atoms with Gasteiger partial charge in [0.25, 0.3) is 5.91 Å². The van der Waals surface area contributed by atoms with Crippen LogP contribution in [0.25, 0.3) is 0 Å². The zero-order chi connectivity index (χ0) is 26.9. The smallest absolute Gasteiger partial charge is 0.251 e. The molecule has 5 rings (SSSR count). The molecule has 1 aromatic heterocycles. The quantitative estimate of drug-likeness (QED) is 0.142. The van der Waals surface area contributed by atoms with Gasteiger partial charge in [0.05, 0.1) is 13.2 Å². The van der Waals surface area contributed by atoms with E-state index in [4.69, 9.17) is 16.3 Å². The van der Waals surface area contributed by atoms with Crippen LogP contribution in [0.1, 0.15) is 39.4 Å². The number of carbonyl (C=O) groups excluding carboxylic acids is 1. The van der Waals surface area contributed by atoms with Crippen molar-refractivity contribution >= 4 is 35.1 Å². The van der Waals surface area contributed by atoms with E-state index in [2.05, 4.69) is 68.7 Å². The largest absolute Gasteiger partial charge is 0.378 e. The highest BCUT2D eigenvalue weighted by molar-refractivity contribution is 7.98. The van der Waals surface area contributed by atoms with Crippen LogP contribution in [0.2, 0.25) is 5.15 Å². The zero-order valence-corrected chi connectivity index (χ0v) is 23.2. The highest BCUT2D eigenvalue weighted by Gasteiger charge is 2.16. The first-order valence-corrected chi connectivity index (χ1v) is 14.5. The second-order valence-corrected chi connectivity index (χ2v) is 10.7. The van der Waals surface area contributed by atoms with Gasteiger partial charge < -0.3 is 15.0 Å². The number of aromatic nitrogens is 2. The Balaban J connectivity index is 1.15. The van der Waals surface area contributed by atoms with Crippen LogP contribution in [-0.2, 0) is 10.5 Å². The number of benzene rings is 3. The van der Waals surface area contributed by atoms with Crippen molar-refractivity contribution in [3.63, 3.8) is 0 Å². The van der Waals surface area contributed by atoms with Gasteiger partial charge in [0, 0.05) is 42.9 Å². The number of halogens is 1. The summed E-state index contributed by atoms with van der Waals surface area (Å²) in [6.45, 7) is 3.54. The van der Waals surface area contributed by atoms with E-state index in [1.54, 1.807) is 6.07 Å². The predicted octanol–water partition coefficient (Wildman–Crippen LogP) is 6.21. The minimum atomic E-state index is -0.0672. The van der Waals surface area contributed by atoms with Crippen LogP contribution in [-0.4, -0.2) is 48.7 Å². The molecule has 0 aliphatic carbocycles. The first-order chi connectivity index (χ1) is 19.2. The first kappa shape index (κ1) is 27.2. The molecule has 2 heterocycles. The summed E-state index contributed by atoms with van der Waals surface area (Å²) in [6.07, 6.45) is 0.820. The van der Waals surface area contributed by atoms with Gasteiger partial charge in [-0.25, -0.2) is 9.97 Å². The van der Waals surface area contributed by atoms with Gasteiger partial charge in [-0.1, -0.05) is 96.2 Å². The second-order valence-electron chi connectivity index (χ2n) is 9.33. The van der Waals surface area contributed by atoms with Gasteiger partial charge in [0.15, 0.2) is 5.16 Å². The highest BCUT2D eigenvalue weighted by Crippen LogP contribution is 2.28. The summed E-state index contributed by atoms with van der Waals surface area (Å²) in [5.41, 5.74) is 4.23. The lowest BCUT2D eigenvalue weighted by molar-refractivity contribution is 0.0952. The Kier molecular flexibility index (Phi) is 9.48. The van der Waals surface area contributed by atoms with Crippen molar-refractivity contribution in [2.45, 2.75) is 23.2 Å². The summed E-state index contributed by atoms with van der Waals surface area (Å²) in [7, 11) is 0. The number of nitrogens with one attached hydrogen (secondary N) is 1. The molecule has 4 aromatic rings. The Bertz CT molecular complexity index is 1310. The lowest BCUT2D eigenvalue weighted by atomic mass is 9.88. The van der Waals surface area contributed by atoms with Crippen molar-refractivity contribution in [3.8, 4) is 0 Å². The Morgan fingerprint density at radius 2 is 1.56 bits per heavy atom. The number of hydrogen-bond donors (Lipinski definition) is 1. The molecule has 1 aliphatic heterocycles. The molecule has 0 bridgehead atoms. The fourth-order valence-electron chi connectivity index (χ4n) is 4.63. The number of amides is 1. The fraction of sp³-hybridized carbons (Fsp3) is 0.258. The van der Waals surface area contributed by atoms with E-state index in [1.165, 1.54) is 22.9 Å². The van der Waals surface area contributed by atoms with E-state index in [-0.39, 0.29) is 11.8 Å². The molecular weight excluding hydrogens is 528 g/mol. The summed E-state index contributed by atoms with van der Waals surface area (Å²) in [5, 5.41) is 4.17. The molecule has 1 amide bonds. The van der Waals surface area contributed by atoms with E-state index in [9.17, 15) is 4.79 Å². The van der Waals surface area contributed by atoms with Crippen molar-refractivity contribution < 1.29 is 9.53 Å². The Labute approximate surface area is 238 Å². The van der Waals surface area contributed by atoms with Crippen LogP contribution < -0.4 is 10.2 Å². The van der Waals surface area contributed by atoms with Gasteiger partial charge in [-0.2, -0.15) is 0 Å².